The van der Waals surface area contributed by atoms with E-state index in [-0.39, 0.29) is 18.8 Å². The quantitative estimate of drug-likeness (QED) is 0.492. The zero-order valence-electron chi connectivity index (χ0n) is 15.6. The van der Waals surface area contributed by atoms with Gasteiger partial charge in [0.15, 0.2) is 5.65 Å². The van der Waals surface area contributed by atoms with E-state index in [1.807, 2.05) is 72.8 Å². The van der Waals surface area contributed by atoms with Gasteiger partial charge >= 0.3 is 0 Å². The van der Waals surface area contributed by atoms with Crippen LogP contribution in [0.4, 0.5) is 0 Å². The first-order valence-corrected chi connectivity index (χ1v) is 9.15. The van der Waals surface area contributed by atoms with E-state index >= 15 is 0 Å². The number of hydrogen-bond acceptors (Lipinski definition) is 4. The predicted octanol–water partition coefficient (Wildman–Crippen LogP) is 3.85. The zero-order valence-corrected chi connectivity index (χ0v) is 15.6. The molecule has 0 fully saturated rings. The second kappa shape index (κ2) is 8.77. The number of pyridine rings is 2. The Morgan fingerprint density at radius 1 is 0.828 bits per heavy atom. The molecule has 4 aromatic rings. The normalized spacial score (nSPS) is 10.2. The number of aromatic nitrogens is 2. The van der Waals surface area contributed by atoms with Crippen LogP contribution in [0.25, 0.3) is 16.7 Å². The summed E-state index contributed by atoms with van der Waals surface area (Å²) in [5.74, 6) is 7.05. The number of nitrogens with zero attached hydrogens (tertiary/aromatic N) is 2. The van der Waals surface area contributed by atoms with Crippen molar-refractivity contribution in [3.05, 3.63) is 95.4 Å². The van der Waals surface area contributed by atoms with Crippen molar-refractivity contribution < 1.29 is 9.47 Å². The van der Waals surface area contributed by atoms with Gasteiger partial charge in [0.2, 0.25) is 0 Å². The van der Waals surface area contributed by atoms with Crippen LogP contribution in [-0.2, 0) is 0 Å². The summed E-state index contributed by atoms with van der Waals surface area (Å²) >= 11 is 0. The highest BCUT2D eigenvalue weighted by atomic mass is 16.5. The lowest BCUT2D eigenvalue weighted by Crippen LogP contribution is -2.19. The molecule has 0 unspecified atom stereocenters. The summed E-state index contributed by atoms with van der Waals surface area (Å²) in [6, 6.07) is 24.1. The molecule has 5 heteroatoms. The summed E-state index contributed by atoms with van der Waals surface area (Å²) in [6.07, 6.45) is 1.66. The molecule has 2 heterocycles. The Morgan fingerprint density at radius 3 is 2.28 bits per heavy atom. The fourth-order valence-electron chi connectivity index (χ4n) is 2.92. The Hall–Kier alpha value is -4.04. The number of ether oxygens (including phenoxy) is 2. The Labute approximate surface area is 168 Å². The van der Waals surface area contributed by atoms with Crippen LogP contribution in [0.15, 0.2) is 89.9 Å². The van der Waals surface area contributed by atoms with Crippen molar-refractivity contribution in [2.24, 2.45) is 0 Å². The van der Waals surface area contributed by atoms with Crippen LogP contribution in [0, 0.1) is 11.8 Å². The van der Waals surface area contributed by atoms with E-state index in [1.54, 1.807) is 10.8 Å². The maximum absolute atomic E-state index is 12.7. The summed E-state index contributed by atoms with van der Waals surface area (Å²) in [5.41, 5.74) is 1.09. The standard InChI is InChI=1S/C24H18N2O3/c27-23-18-22(29-17-8-7-16-28-20-12-5-2-6-13-20)21-14-9-15-25-24(21)26(23)19-10-3-1-4-11-19/h1-6,9-15,18H,16-17H2. The van der Waals surface area contributed by atoms with Crippen molar-refractivity contribution in [3.63, 3.8) is 0 Å². The molecule has 0 radical (unpaired) electrons. The first-order valence-electron chi connectivity index (χ1n) is 9.15. The minimum Gasteiger partial charge on any atom is -0.481 e. The molecule has 142 valence electrons. The Morgan fingerprint density at radius 2 is 1.52 bits per heavy atom. The summed E-state index contributed by atoms with van der Waals surface area (Å²) in [5, 5.41) is 0.748. The van der Waals surface area contributed by atoms with E-state index in [2.05, 4.69) is 16.8 Å². The first-order chi connectivity index (χ1) is 14.3. The lowest BCUT2D eigenvalue weighted by atomic mass is 10.2. The second-order valence-electron chi connectivity index (χ2n) is 6.14. The summed E-state index contributed by atoms with van der Waals surface area (Å²) in [6.45, 7) is 0.419. The Kier molecular flexibility index (Phi) is 5.54. The van der Waals surface area contributed by atoms with Crippen LogP contribution in [-0.4, -0.2) is 22.8 Å². The van der Waals surface area contributed by atoms with Gasteiger partial charge in [-0.05, 0) is 36.4 Å². The molecule has 0 saturated carbocycles. The highest BCUT2D eigenvalue weighted by Crippen LogP contribution is 2.23. The predicted molar refractivity (Wildman–Crippen MR) is 113 cm³/mol. The molecule has 4 rings (SSSR count). The van der Waals surface area contributed by atoms with Gasteiger partial charge in [-0.15, -0.1) is 0 Å². The van der Waals surface area contributed by atoms with Crippen LogP contribution < -0.4 is 15.0 Å². The molecule has 0 amide bonds. The van der Waals surface area contributed by atoms with E-state index in [9.17, 15) is 4.79 Å². The van der Waals surface area contributed by atoms with Crippen LogP contribution in [0.2, 0.25) is 0 Å². The second-order valence-corrected chi connectivity index (χ2v) is 6.14. The largest absolute Gasteiger partial charge is 0.481 e. The molecule has 0 spiro atoms. The number of benzene rings is 2. The van der Waals surface area contributed by atoms with Gasteiger partial charge in [0.1, 0.15) is 24.7 Å². The molecule has 0 saturated heterocycles. The van der Waals surface area contributed by atoms with Crippen LogP contribution in [0.3, 0.4) is 0 Å². The third kappa shape index (κ3) is 4.28. The molecule has 0 atom stereocenters. The number of rotatable bonds is 5. The van der Waals surface area contributed by atoms with Crippen LogP contribution >= 0.6 is 0 Å². The highest BCUT2D eigenvalue weighted by Gasteiger charge is 2.11. The van der Waals surface area contributed by atoms with Gasteiger partial charge in [0, 0.05) is 12.3 Å². The topological polar surface area (TPSA) is 53.4 Å². The minimum absolute atomic E-state index is 0.150. The smallest absolute Gasteiger partial charge is 0.260 e. The van der Waals surface area contributed by atoms with Crippen molar-refractivity contribution in [1.82, 2.24) is 9.55 Å². The van der Waals surface area contributed by atoms with Crippen molar-refractivity contribution in [2.75, 3.05) is 13.2 Å². The van der Waals surface area contributed by atoms with Gasteiger partial charge < -0.3 is 9.47 Å². The van der Waals surface area contributed by atoms with Crippen LogP contribution in [0.5, 0.6) is 11.5 Å². The molecule has 2 aromatic carbocycles. The third-order valence-corrected chi connectivity index (χ3v) is 4.23. The van der Waals surface area contributed by atoms with Crippen molar-refractivity contribution in [3.8, 4) is 29.0 Å². The molecule has 2 aromatic heterocycles. The molecule has 0 aliphatic heterocycles. The summed E-state index contributed by atoms with van der Waals surface area (Å²) in [4.78, 5) is 17.1. The zero-order chi connectivity index (χ0) is 19.9. The molecular formula is C24H18N2O3. The lowest BCUT2D eigenvalue weighted by Gasteiger charge is -2.12. The van der Waals surface area contributed by atoms with Crippen molar-refractivity contribution in [1.29, 1.82) is 0 Å². The van der Waals surface area contributed by atoms with E-state index in [4.69, 9.17) is 9.47 Å². The SMILES string of the molecule is O=c1cc(OCC#CCOc2ccccc2)c2cccnc2n1-c1ccccc1. The molecule has 0 aliphatic carbocycles. The monoisotopic (exact) mass is 382 g/mol. The molecule has 0 N–H and O–H groups in total. The lowest BCUT2D eigenvalue weighted by molar-refractivity contribution is 0.364. The fraction of sp³-hybridized carbons (Fsp3) is 0.0833. The number of hydrogen-bond donors (Lipinski definition) is 0. The van der Waals surface area contributed by atoms with E-state index < -0.39 is 0 Å². The van der Waals surface area contributed by atoms with E-state index in [0.29, 0.717) is 11.4 Å². The molecule has 29 heavy (non-hydrogen) atoms. The number of para-hydroxylation sites is 2. The van der Waals surface area contributed by atoms with Gasteiger partial charge in [-0.25, -0.2) is 4.98 Å². The van der Waals surface area contributed by atoms with Gasteiger partial charge in [0.05, 0.1) is 11.1 Å². The van der Waals surface area contributed by atoms with E-state index in [1.165, 1.54) is 6.07 Å². The van der Waals surface area contributed by atoms with Gasteiger partial charge in [-0.2, -0.15) is 0 Å². The average molecular weight is 382 g/mol. The molecule has 0 bridgehead atoms. The van der Waals surface area contributed by atoms with Crippen molar-refractivity contribution in [2.45, 2.75) is 0 Å². The highest BCUT2D eigenvalue weighted by molar-refractivity contribution is 5.83. The molecule has 5 nitrogen and oxygen atoms in total. The van der Waals surface area contributed by atoms with Gasteiger partial charge in [-0.3, -0.25) is 9.36 Å². The summed E-state index contributed by atoms with van der Waals surface area (Å²) < 4.78 is 12.9. The van der Waals surface area contributed by atoms with Crippen LogP contribution in [0.1, 0.15) is 0 Å². The average Bonchev–Trinajstić information content (AvgIpc) is 2.77. The Balaban J connectivity index is 1.52. The third-order valence-electron chi connectivity index (χ3n) is 4.23. The van der Waals surface area contributed by atoms with Gasteiger partial charge in [-0.1, -0.05) is 48.2 Å². The molecular weight excluding hydrogens is 364 g/mol. The van der Waals surface area contributed by atoms with Crippen molar-refractivity contribution >= 4 is 11.0 Å². The minimum atomic E-state index is -0.210. The van der Waals surface area contributed by atoms with Gasteiger partial charge in [0.25, 0.3) is 5.56 Å². The fourth-order valence-corrected chi connectivity index (χ4v) is 2.92. The Bertz CT molecular complexity index is 1220. The maximum Gasteiger partial charge on any atom is 0.260 e. The number of fused-ring (bicyclic) bond motifs is 1. The molecule has 0 aliphatic rings. The van der Waals surface area contributed by atoms with E-state index in [0.717, 1.165) is 16.8 Å². The first kappa shape index (κ1) is 18.3. The maximum atomic E-state index is 12.7. The summed E-state index contributed by atoms with van der Waals surface area (Å²) in [7, 11) is 0.